The van der Waals surface area contributed by atoms with Gasteiger partial charge in [-0.3, -0.25) is 0 Å². The number of aliphatic hydroxyl groups excluding tert-OH is 1. The molecule has 6 nitrogen and oxygen atoms in total. The number of rotatable bonds is 1. The normalized spacial score (nSPS) is 20.5. The van der Waals surface area contributed by atoms with E-state index in [0.717, 1.165) is 25.9 Å². The molecule has 0 amide bonds. The highest BCUT2D eigenvalue weighted by atomic mass is 32.1. The molecule has 0 aromatic heterocycles. The molecule has 0 aliphatic carbocycles. The first-order chi connectivity index (χ1) is 10.9. The third-order valence-electron chi connectivity index (χ3n) is 4.32. The van der Waals surface area contributed by atoms with Gasteiger partial charge in [-0.05, 0) is 46.7 Å². The Balaban J connectivity index is 0.000000816. The van der Waals surface area contributed by atoms with Crippen LogP contribution in [0.2, 0.25) is 0 Å². The van der Waals surface area contributed by atoms with Crippen molar-refractivity contribution in [3.63, 3.8) is 0 Å². The zero-order valence-electron chi connectivity index (χ0n) is 13.9. The number of aliphatic hydroxyl groups is 1. The summed E-state index contributed by atoms with van der Waals surface area (Å²) in [6, 6.07) is 4.89. The summed E-state index contributed by atoms with van der Waals surface area (Å²) >= 11 is 4.33. The molecule has 0 bridgehead atoms. The number of nitrogens with zero attached hydrogens (tertiary/aromatic N) is 3. The molecule has 4 N–H and O–H groups in total. The lowest BCUT2D eigenvalue weighted by Gasteiger charge is -2.45. The number of likely N-dealkylation sites (tertiary alicyclic amines) is 1. The van der Waals surface area contributed by atoms with Gasteiger partial charge in [-0.15, -0.1) is 12.6 Å². The maximum atomic E-state index is 9.47. The van der Waals surface area contributed by atoms with Crippen molar-refractivity contribution in [1.82, 2.24) is 10.2 Å². The van der Waals surface area contributed by atoms with Crippen LogP contribution in [0.25, 0.3) is 0 Å². The highest BCUT2D eigenvalue weighted by Crippen LogP contribution is 2.48. The Labute approximate surface area is 143 Å². The van der Waals surface area contributed by atoms with Gasteiger partial charge in [0, 0.05) is 18.1 Å². The summed E-state index contributed by atoms with van der Waals surface area (Å²) in [4.78, 5) is 2.35. The van der Waals surface area contributed by atoms with Gasteiger partial charge in [0.1, 0.15) is 5.82 Å². The molecule has 23 heavy (non-hydrogen) atoms. The Hall–Kier alpha value is -1.67. The van der Waals surface area contributed by atoms with Gasteiger partial charge in [0.25, 0.3) is 0 Å². The van der Waals surface area contributed by atoms with Crippen LogP contribution in [0.4, 0.5) is 0 Å². The number of dihydropyridines is 1. The molecular weight excluding hydrogens is 310 g/mol. The third kappa shape index (κ3) is 3.81. The van der Waals surface area contributed by atoms with E-state index in [1.165, 1.54) is 0 Å². The number of allylic oxidation sites excluding steroid dienone is 2. The molecule has 2 aliphatic heterocycles. The number of hydrogen-bond donors (Lipinski definition) is 4. The van der Waals surface area contributed by atoms with Gasteiger partial charge in [0.05, 0.1) is 28.3 Å². The van der Waals surface area contributed by atoms with Crippen LogP contribution >= 0.6 is 12.6 Å². The van der Waals surface area contributed by atoms with Crippen LogP contribution in [-0.4, -0.2) is 35.7 Å². The molecular formula is C16H25N5OS. The van der Waals surface area contributed by atoms with Gasteiger partial charge in [-0.2, -0.15) is 10.5 Å². The van der Waals surface area contributed by atoms with Crippen molar-refractivity contribution in [2.24, 2.45) is 11.1 Å². The maximum Gasteiger partial charge on any atom is 0.116 e. The van der Waals surface area contributed by atoms with Crippen LogP contribution in [-0.2, 0) is 0 Å². The summed E-state index contributed by atoms with van der Waals surface area (Å²) in [6.07, 6.45) is 1.45. The van der Waals surface area contributed by atoms with Crippen LogP contribution < -0.4 is 11.1 Å². The quantitative estimate of drug-likeness (QED) is 0.540. The summed E-state index contributed by atoms with van der Waals surface area (Å²) in [5, 5.41) is 29.8. The molecule has 2 heterocycles. The summed E-state index contributed by atoms with van der Waals surface area (Å²) in [7, 11) is 0. The number of nitriles is 2. The van der Waals surface area contributed by atoms with Gasteiger partial charge in [-0.25, -0.2) is 0 Å². The molecule has 0 radical (unpaired) electrons. The topological polar surface area (TPSA) is 109 Å². The fraction of sp³-hybridized carbons (Fsp3) is 0.625. The van der Waals surface area contributed by atoms with E-state index in [-0.39, 0.29) is 6.61 Å². The minimum Gasteiger partial charge on any atom is -0.397 e. The monoisotopic (exact) mass is 335 g/mol. The molecule has 0 saturated carbocycles. The van der Waals surface area contributed by atoms with Gasteiger partial charge >= 0.3 is 0 Å². The van der Waals surface area contributed by atoms with E-state index in [0.29, 0.717) is 28.0 Å². The lowest BCUT2D eigenvalue weighted by atomic mass is 9.66. The summed E-state index contributed by atoms with van der Waals surface area (Å²) in [5.41, 5.74) is 6.39. The second-order valence-corrected chi connectivity index (χ2v) is 6.34. The van der Waals surface area contributed by atoms with Gasteiger partial charge in [0.2, 0.25) is 0 Å². The first kappa shape index (κ1) is 19.4. The number of hydrogen-bond acceptors (Lipinski definition) is 7. The second-order valence-electron chi connectivity index (χ2n) is 5.89. The van der Waals surface area contributed by atoms with Crippen LogP contribution in [0.5, 0.6) is 0 Å². The molecule has 0 atom stereocenters. The van der Waals surface area contributed by atoms with Crippen molar-refractivity contribution in [3.8, 4) is 12.1 Å². The molecule has 0 aromatic carbocycles. The Morgan fingerprint density at radius 2 is 1.78 bits per heavy atom. The Morgan fingerprint density at radius 1 is 1.30 bits per heavy atom. The molecule has 1 spiro atoms. The minimum atomic E-state index is -0.568. The van der Waals surface area contributed by atoms with Gasteiger partial charge in [0.15, 0.2) is 0 Å². The summed E-state index contributed by atoms with van der Waals surface area (Å²) in [5.74, 6) is 0.328. The fourth-order valence-corrected chi connectivity index (χ4v) is 3.50. The SMILES string of the molecule is CC(C)N1CCC2(CC1)C(C#N)=C(N)NC(S)=C2C#N.CCO. The van der Waals surface area contributed by atoms with Crippen molar-refractivity contribution < 1.29 is 5.11 Å². The molecule has 126 valence electrons. The van der Waals surface area contributed by atoms with Crippen molar-refractivity contribution >= 4 is 12.6 Å². The highest BCUT2D eigenvalue weighted by Gasteiger charge is 2.46. The predicted molar refractivity (Wildman–Crippen MR) is 92.7 cm³/mol. The minimum absolute atomic E-state index is 0.250. The molecule has 0 aromatic rings. The molecule has 1 saturated heterocycles. The third-order valence-corrected chi connectivity index (χ3v) is 4.66. The van der Waals surface area contributed by atoms with E-state index < -0.39 is 5.41 Å². The van der Waals surface area contributed by atoms with E-state index in [9.17, 15) is 10.5 Å². The van der Waals surface area contributed by atoms with Crippen LogP contribution in [0.1, 0.15) is 33.6 Å². The zero-order chi connectivity index (χ0) is 17.6. The molecule has 1 fully saturated rings. The standard InChI is InChI=1S/C14H19N5S.C2H6O/c1-9(2)19-5-3-14(4-6-19)10(7-15)12(17)18-13(20)11(14)8-16;1-2-3/h9,18,20H,3-6,17H2,1-2H3;3H,2H2,1H3. The Morgan fingerprint density at radius 3 is 2.17 bits per heavy atom. The van der Waals surface area contributed by atoms with E-state index in [1.54, 1.807) is 6.92 Å². The van der Waals surface area contributed by atoms with E-state index in [1.807, 2.05) is 0 Å². The molecule has 2 rings (SSSR count). The summed E-state index contributed by atoms with van der Waals surface area (Å²) < 4.78 is 0. The number of nitrogens with one attached hydrogen (secondary N) is 1. The molecule has 7 heteroatoms. The largest absolute Gasteiger partial charge is 0.397 e. The van der Waals surface area contributed by atoms with Crippen LogP contribution in [0.15, 0.2) is 22.0 Å². The van der Waals surface area contributed by atoms with E-state index in [2.05, 4.69) is 48.8 Å². The van der Waals surface area contributed by atoms with Crippen molar-refractivity contribution in [3.05, 3.63) is 22.0 Å². The number of thiol groups is 1. The number of piperidine rings is 1. The zero-order valence-corrected chi connectivity index (χ0v) is 14.8. The van der Waals surface area contributed by atoms with Crippen molar-refractivity contribution in [1.29, 1.82) is 10.5 Å². The highest BCUT2D eigenvalue weighted by molar-refractivity contribution is 7.84. The predicted octanol–water partition coefficient (Wildman–Crippen LogP) is 1.44. The first-order valence-electron chi connectivity index (χ1n) is 7.74. The molecule has 0 unspecified atom stereocenters. The Bertz CT molecular complexity index is 536. The van der Waals surface area contributed by atoms with Crippen molar-refractivity contribution in [2.45, 2.75) is 39.7 Å². The second kappa shape index (κ2) is 8.26. The van der Waals surface area contributed by atoms with Crippen molar-refractivity contribution in [2.75, 3.05) is 19.7 Å². The van der Waals surface area contributed by atoms with Gasteiger partial charge in [-0.1, -0.05) is 0 Å². The maximum absolute atomic E-state index is 9.47. The van der Waals surface area contributed by atoms with E-state index in [4.69, 9.17) is 10.8 Å². The Kier molecular flexibility index (Phi) is 6.96. The van der Waals surface area contributed by atoms with Crippen LogP contribution in [0, 0.1) is 28.1 Å². The smallest absolute Gasteiger partial charge is 0.116 e. The summed E-state index contributed by atoms with van der Waals surface area (Å²) in [6.45, 7) is 7.94. The van der Waals surface area contributed by atoms with E-state index >= 15 is 0 Å². The average molecular weight is 335 g/mol. The average Bonchev–Trinajstić information content (AvgIpc) is 2.49. The lowest BCUT2D eigenvalue weighted by molar-refractivity contribution is 0.127. The lowest BCUT2D eigenvalue weighted by Crippen LogP contribution is -2.47. The van der Waals surface area contributed by atoms with Gasteiger partial charge < -0.3 is 21.1 Å². The van der Waals surface area contributed by atoms with Crippen LogP contribution in [0.3, 0.4) is 0 Å². The fourth-order valence-electron chi connectivity index (χ4n) is 3.11. The number of nitrogens with two attached hydrogens (primary N) is 1. The first-order valence-corrected chi connectivity index (χ1v) is 8.18. The molecule has 2 aliphatic rings.